The van der Waals surface area contributed by atoms with Crippen LogP contribution in [-0.4, -0.2) is 13.7 Å². The summed E-state index contributed by atoms with van der Waals surface area (Å²) in [4.78, 5) is 0. The van der Waals surface area contributed by atoms with Gasteiger partial charge in [0.15, 0.2) is 11.5 Å². The molecule has 3 nitrogen and oxygen atoms in total. The molecule has 0 saturated carbocycles. The van der Waals surface area contributed by atoms with Gasteiger partial charge in [-0.3, -0.25) is 0 Å². The Kier molecular flexibility index (Phi) is 4.86. The number of para-hydroxylation sites is 2. The molecule has 0 aliphatic heterocycles. The van der Waals surface area contributed by atoms with E-state index in [9.17, 15) is 0 Å². The van der Waals surface area contributed by atoms with Crippen LogP contribution >= 0.6 is 0 Å². The van der Waals surface area contributed by atoms with Crippen molar-refractivity contribution >= 4 is 0 Å². The minimum absolute atomic E-state index is 0.157. The van der Waals surface area contributed by atoms with Gasteiger partial charge in [0, 0.05) is 0 Å². The minimum atomic E-state index is -0.157. The highest BCUT2D eigenvalue weighted by Crippen LogP contribution is 2.28. The Bertz CT molecular complexity index is 599. The zero-order valence-corrected chi connectivity index (χ0v) is 13.1. The van der Waals surface area contributed by atoms with Crippen LogP contribution in [0.4, 0.5) is 0 Å². The number of hydrogen-bond donors (Lipinski definition) is 1. The van der Waals surface area contributed by atoms with E-state index < -0.39 is 0 Å². The van der Waals surface area contributed by atoms with Gasteiger partial charge >= 0.3 is 0 Å². The van der Waals surface area contributed by atoms with Crippen molar-refractivity contribution in [2.24, 2.45) is 5.73 Å². The molecule has 0 aliphatic carbocycles. The van der Waals surface area contributed by atoms with Crippen LogP contribution in [0.3, 0.4) is 0 Å². The molecule has 0 heterocycles. The van der Waals surface area contributed by atoms with Crippen LogP contribution in [0.15, 0.2) is 36.4 Å². The Morgan fingerprint density at radius 2 is 1.57 bits per heavy atom. The number of rotatable bonds is 5. The second kappa shape index (κ2) is 6.64. The number of ether oxygens (including phenoxy) is 2. The van der Waals surface area contributed by atoms with Crippen LogP contribution in [0.25, 0.3) is 0 Å². The average Bonchev–Trinajstić information content (AvgIpc) is 2.44. The molecule has 2 N–H and O–H groups in total. The maximum atomic E-state index is 6.32. The molecule has 2 aromatic rings. The fraction of sp³-hybridized carbons (Fsp3) is 0.333. The number of benzene rings is 2. The topological polar surface area (TPSA) is 44.5 Å². The molecule has 0 spiro atoms. The van der Waals surface area contributed by atoms with Crippen LogP contribution < -0.4 is 15.2 Å². The first kappa shape index (κ1) is 15.4. The molecule has 0 saturated heterocycles. The number of nitrogens with two attached hydrogens (primary N) is 1. The Morgan fingerprint density at radius 1 is 1.00 bits per heavy atom. The molecule has 0 fully saturated rings. The summed E-state index contributed by atoms with van der Waals surface area (Å²) in [6.07, 6.45) is 0. The van der Waals surface area contributed by atoms with Gasteiger partial charge in [-0.15, -0.1) is 0 Å². The van der Waals surface area contributed by atoms with E-state index in [-0.39, 0.29) is 6.04 Å². The Hall–Kier alpha value is -2.00. The van der Waals surface area contributed by atoms with Crippen molar-refractivity contribution in [1.82, 2.24) is 0 Å². The molecule has 2 aromatic carbocycles. The van der Waals surface area contributed by atoms with Gasteiger partial charge in [-0.25, -0.2) is 0 Å². The Labute approximate surface area is 126 Å². The van der Waals surface area contributed by atoms with Gasteiger partial charge < -0.3 is 15.2 Å². The van der Waals surface area contributed by atoms with Crippen molar-refractivity contribution in [3.05, 3.63) is 58.7 Å². The second-order valence-electron chi connectivity index (χ2n) is 5.38. The first-order valence-corrected chi connectivity index (χ1v) is 7.12. The van der Waals surface area contributed by atoms with Crippen LogP contribution in [0.2, 0.25) is 0 Å². The average molecular weight is 285 g/mol. The van der Waals surface area contributed by atoms with Crippen molar-refractivity contribution in [3.8, 4) is 11.5 Å². The predicted molar refractivity (Wildman–Crippen MR) is 86.1 cm³/mol. The van der Waals surface area contributed by atoms with Crippen LogP contribution in [0.1, 0.15) is 28.3 Å². The second-order valence-corrected chi connectivity index (χ2v) is 5.38. The van der Waals surface area contributed by atoms with Gasteiger partial charge in [-0.1, -0.05) is 29.8 Å². The standard InChI is InChI=1S/C18H23NO2/c1-12-9-13(2)18(14(3)10-12)15(19)11-21-17-8-6-5-7-16(17)20-4/h5-10,15H,11,19H2,1-4H3. The van der Waals surface area contributed by atoms with Crippen molar-refractivity contribution < 1.29 is 9.47 Å². The summed E-state index contributed by atoms with van der Waals surface area (Å²) in [5, 5.41) is 0. The minimum Gasteiger partial charge on any atom is -0.493 e. The molecule has 0 radical (unpaired) electrons. The third kappa shape index (κ3) is 3.56. The summed E-state index contributed by atoms with van der Waals surface area (Å²) in [6, 6.07) is 11.8. The summed E-state index contributed by atoms with van der Waals surface area (Å²) in [5.41, 5.74) is 11.2. The lowest BCUT2D eigenvalue weighted by Gasteiger charge is -2.19. The van der Waals surface area contributed by atoms with Crippen LogP contribution in [0.5, 0.6) is 11.5 Å². The molecular weight excluding hydrogens is 262 g/mol. The van der Waals surface area contributed by atoms with Crippen LogP contribution in [0, 0.1) is 20.8 Å². The molecule has 112 valence electrons. The molecule has 1 unspecified atom stereocenters. The lowest BCUT2D eigenvalue weighted by Crippen LogP contribution is -2.21. The van der Waals surface area contributed by atoms with Crippen molar-refractivity contribution in [3.63, 3.8) is 0 Å². The van der Waals surface area contributed by atoms with Gasteiger partial charge in [-0.05, 0) is 49.6 Å². The zero-order valence-electron chi connectivity index (χ0n) is 13.1. The van der Waals surface area contributed by atoms with Gasteiger partial charge in [0.25, 0.3) is 0 Å². The van der Waals surface area contributed by atoms with E-state index >= 15 is 0 Å². The van der Waals surface area contributed by atoms with Crippen molar-refractivity contribution in [2.45, 2.75) is 26.8 Å². The van der Waals surface area contributed by atoms with Gasteiger partial charge in [-0.2, -0.15) is 0 Å². The lowest BCUT2D eigenvalue weighted by atomic mass is 9.95. The fourth-order valence-electron chi connectivity index (χ4n) is 2.78. The van der Waals surface area contributed by atoms with Gasteiger partial charge in [0.2, 0.25) is 0 Å². The molecule has 0 amide bonds. The first-order chi connectivity index (χ1) is 10.0. The Balaban J connectivity index is 2.14. The number of methoxy groups -OCH3 is 1. The summed E-state index contributed by atoms with van der Waals surface area (Å²) < 4.78 is 11.1. The van der Waals surface area contributed by atoms with Crippen molar-refractivity contribution in [2.75, 3.05) is 13.7 Å². The SMILES string of the molecule is COc1ccccc1OCC(N)c1c(C)cc(C)cc1C. The van der Waals surface area contributed by atoms with E-state index in [0.717, 1.165) is 17.1 Å². The monoisotopic (exact) mass is 285 g/mol. The summed E-state index contributed by atoms with van der Waals surface area (Å²) in [7, 11) is 1.64. The van der Waals surface area contributed by atoms with Gasteiger partial charge in [0.05, 0.1) is 13.2 Å². The molecule has 0 bridgehead atoms. The molecule has 0 aromatic heterocycles. The predicted octanol–water partition coefficient (Wildman–Crippen LogP) is 3.70. The summed E-state index contributed by atoms with van der Waals surface area (Å²) in [5.74, 6) is 1.44. The summed E-state index contributed by atoms with van der Waals surface area (Å²) >= 11 is 0. The maximum absolute atomic E-state index is 6.32. The van der Waals surface area contributed by atoms with E-state index in [1.165, 1.54) is 16.7 Å². The molecular formula is C18H23NO2. The molecule has 0 aliphatic rings. The highest BCUT2D eigenvalue weighted by molar-refractivity contribution is 5.41. The lowest BCUT2D eigenvalue weighted by molar-refractivity contribution is 0.273. The van der Waals surface area contributed by atoms with E-state index in [4.69, 9.17) is 15.2 Å². The first-order valence-electron chi connectivity index (χ1n) is 7.12. The zero-order chi connectivity index (χ0) is 15.4. The van der Waals surface area contributed by atoms with E-state index in [2.05, 4.69) is 32.9 Å². The van der Waals surface area contributed by atoms with E-state index in [1.807, 2.05) is 24.3 Å². The normalized spacial score (nSPS) is 12.0. The smallest absolute Gasteiger partial charge is 0.161 e. The summed E-state index contributed by atoms with van der Waals surface area (Å²) in [6.45, 7) is 6.71. The van der Waals surface area contributed by atoms with Crippen LogP contribution in [-0.2, 0) is 0 Å². The molecule has 3 heteroatoms. The van der Waals surface area contributed by atoms with Gasteiger partial charge in [0.1, 0.15) is 6.61 Å². The maximum Gasteiger partial charge on any atom is 0.161 e. The Morgan fingerprint density at radius 3 is 2.14 bits per heavy atom. The third-order valence-electron chi connectivity index (χ3n) is 3.60. The van der Waals surface area contributed by atoms with Crippen molar-refractivity contribution in [1.29, 1.82) is 0 Å². The highest BCUT2D eigenvalue weighted by atomic mass is 16.5. The fourth-order valence-corrected chi connectivity index (χ4v) is 2.78. The highest BCUT2D eigenvalue weighted by Gasteiger charge is 2.14. The largest absolute Gasteiger partial charge is 0.493 e. The third-order valence-corrected chi connectivity index (χ3v) is 3.60. The van der Waals surface area contributed by atoms with E-state index in [1.54, 1.807) is 7.11 Å². The number of hydrogen-bond acceptors (Lipinski definition) is 3. The number of aryl methyl sites for hydroxylation is 3. The van der Waals surface area contributed by atoms with E-state index in [0.29, 0.717) is 6.61 Å². The molecule has 21 heavy (non-hydrogen) atoms. The molecule has 2 rings (SSSR count). The molecule has 1 atom stereocenters. The quantitative estimate of drug-likeness (QED) is 0.911.